The second-order valence-electron chi connectivity index (χ2n) is 8.08. The molecule has 0 radical (unpaired) electrons. The number of amides is 1. The fraction of sp³-hybridized carbons (Fsp3) is 0.320. The van der Waals surface area contributed by atoms with Crippen molar-refractivity contribution in [1.82, 2.24) is 9.88 Å². The highest BCUT2D eigenvalue weighted by Crippen LogP contribution is 2.43. The number of carbonyl (C=O) groups is 2. The van der Waals surface area contributed by atoms with Crippen molar-refractivity contribution >= 4 is 28.7 Å². The van der Waals surface area contributed by atoms with Crippen LogP contribution in [0.3, 0.4) is 0 Å². The van der Waals surface area contributed by atoms with Crippen LogP contribution in [0, 0.1) is 6.92 Å². The average molecular weight is 434 g/mol. The number of aromatic nitrogens is 1. The highest BCUT2D eigenvalue weighted by Gasteiger charge is 2.46. The summed E-state index contributed by atoms with van der Waals surface area (Å²) >= 11 is 1.62. The van der Waals surface area contributed by atoms with E-state index in [0.29, 0.717) is 6.54 Å². The molecule has 1 amide bonds. The number of rotatable bonds is 6. The van der Waals surface area contributed by atoms with E-state index in [0.717, 1.165) is 47.9 Å². The van der Waals surface area contributed by atoms with Crippen molar-refractivity contribution in [2.75, 3.05) is 24.5 Å². The Labute approximate surface area is 187 Å². The fourth-order valence-corrected chi connectivity index (χ4v) is 5.45. The zero-order valence-corrected chi connectivity index (χ0v) is 18.8. The second kappa shape index (κ2) is 9.12. The molecule has 31 heavy (non-hydrogen) atoms. The maximum Gasteiger partial charge on any atom is 0.224 e. The van der Waals surface area contributed by atoms with Crippen LogP contribution in [0.15, 0.2) is 66.0 Å². The molecule has 160 valence electrons. The minimum absolute atomic E-state index is 0.00728. The van der Waals surface area contributed by atoms with Crippen LogP contribution in [0.4, 0.5) is 5.69 Å². The summed E-state index contributed by atoms with van der Waals surface area (Å²) in [4.78, 5) is 34.5. The highest BCUT2D eigenvalue weighted by atomic mass is 32.1. The summed E-state index contributed by atoms with van der Waals surface area (Å²) in [6.45, 7) is 5.46. The summed E-state index contributed by atoms with van der Waals surface area (Å²) < 4.78 is 0. The van der Waals surface area contributed by atoms with E-state index in [-0.39, 0.29) is 11.7 Å². The molecule has 0 bridgehead atoms. The third kappa shape index (κ3) is 4.45. The third-order valence-electron chi connectivity index (χ3n) is 5.92. The van der Waals surface area contributed by atoms with Crippen LogP contribution in [-0.4, -0.2) is 41.2 Å². The maximum absolute atomic E-state index is 12.9. The van der Waals surface area contributed by atoms with Gasteiger partial charge in [-0.2, -0.15) is 0 Å². The van der Waals surface area contributed by atoms with E-state index in [9.17, 15) is 9.59 Å². The summed E-state index contributed by atoms with van der Waals surface area (Å²) in [5, 5.41) is 3.02. The molecular weight excluding hydrogens is 406 g/mol. The standard InChI is InChI=1S/C25H27N3O2S/c1-19-18-31-24(26-19)25(28(20(2)29)22-11-7-4-8-12-22)13-15-27(16-14-25)17-23(30)21-9-5-3-6-10-21/h3-12,18H,13-17H2,1-2H3. The van der Waals surface area contributed by atoms with Gasteiger partial charge in [0, 0.05) is 42.3 Å². The first-order chi connectivity index (χ1) is 15.0. The third-order valence-corrected chi connectivity index (χ3v) is 7.07. The first-order valence-corrected chi connectivity index (χ1v) is 11.5. The van der Waals surface area contributed by atoms with Gasteiger partial charge in [-0.05, 0) is 31.9 Å². The van der Waals surface area contributed by atoms with Crippen LogP contribution < -0.4 is 4.90 Å². The molecule has 1 aliphatic rings. The van der Waals surface area contributed by atoms with Gasteiger partial charge in [0.1, 0.15) is 10.5 Å². The SMILES string of the molecule is CC(=O)N(c1ccccc1)C1(c2nc(C)cs2)CCN(CC(=O)c2ccccc2)CC1. The van der Waals surface area contributed by atoms with E-state index in [4.69, 9.17) is 4.98 Å². The molecule has 1 fully saturated rings. The van der Waals surface area contributed by atoms with E-state index in [1.807, 2.05) is 77.9 Å². The molecule has 1 aliphatic heterocycles. The van der Waals surface area contributed by atoms with E-state index in [1.165, 1.54) is 0 Å². The summed E-state index contributed by atoms with van der Waals surface area (Å²) in [6, 6.07) is 19.3. The van der Waals surface area contributed by atoms with Crippen LogP contribution in [0.1, 0.15) is 40.8 Å². The average Bonchev–Trinajstić information content (AvgIpc) is 3.23. The van der Waals surface area contributed by atoms with Gasteiger partial charge in [-0.3, -0.25) is 19.4 Å². The molecule has 0 saturated carbocycles. The van der Waals surface area contributed by atoms with E-state index in [2.05, 4.69) is 4.90 Å². The number of ketones is 1. The number of likely N-dealkylation sites (tertiary alicyclic amines) is 1. The van der Waals surface area contributed by atoms with Crippen molar-refractivity contribution in [3.05, 3.63) is 82.3 Å². The Hall–Kier alpha value is -2.83. The van der Waals surface area contributed by atoms with E-state index < -0.39 is 5.54 Å². The Balaban J connectivity index is 1.61. The highest BCUT2D eigenvalue weighted by molar-refractivity contribution is 7.09. The van der Waals surface area contributed by atoms with E-state index in [1.54, 1.807) is 18.3 Å². The molecule has 0 spiro atoms. The van der Waals surface area contributed by atoms with Crippen molar-refractivity contribution in [3.8, 4) is 0 Å². The van der Waals surface area contributed by atoms with Gasteiger partial charge < -0.3 is 0 Å². The van der Waals surface area contributed by atoms with Crippen LogP contribution in [0.5, 0.6) is 0 Å². The van der Waals surface area contributed by atoms with Gasteiger partial charge in [0.25, 0.3) is 0 Å². The number of hydrogen-bond acceptors (Lipinski definition) is 5. The first kappa shape index (κ1) is 21.4. The Morgan fingerprint density at radius 2 is 1.65 bits per heavy atom. The van der Waals surface area contributed by atoms with Gasteiger partial charge in [0.2, 0.25) is 5.91 Å². The lowest BCUT2D eigenvalue weighted by atomic mass is 9.85. The molecular formula is C25H27N3O2S. The second-order valence-corrected chi connectivity index (χ2v) is 8.94. The molecule has 6 heteroatoms. The minimum atomic E-state index is -0.502. The molecule has 4 rings (SSSR count). The number of para-hydroxylation sites is 1. The van der Waals surface area contributed by atoms with Crippen molar-refractivity contribution in [2.24, 2.45) is 0 Å². The summed E-state index contributed by atoms with van der Waals surface area (Å²) in [6.07, 6.45) is 1.47. The molecule has 0 aliphatic carbocycles. The van der Waals surface area contributed by atoms with Crippen LogP contribution in [0.25, 0.3) is 0 Å². The van der Waals surface area contributed by atoms with E-state index >= 15 is 0 Å². The lowest BCUT2D eigenvalue weighted by Crippen LogP contribution is -2.55. The topological polar surface area (TPSA) is 53.5 Å². The number of Topliss-reactive ketones (excluding diaryl/α,β-unsaturated/α-hetero) is 1. The predicted octanol–water partition coefficient (Wildman–Crippen LogP) is 4.68. The first-order valence-electron chi connectivity index (χ1n) is 10.6. The molecule has 3 aromatic rings. The number of aryl methyl sites for hydroxylation is 1. The number of anilines is 1. The fourth-order valence-electron chi connectivity index (χ4n) is 4.41. The van der Waals surface area contributed by atoms with Gasteiger partial charge in [-0.15, -0.1) is 11.3 Å². The normalized spacial score (nSPS) is 16.1. The van der Waals surface area contributed by atoms with Gasteiger partial charge in [-0.1, -0.05) is 48.5 Å². The molecule has 1 aromatic heterocycles. The molecule has 2 heterocycles. The maximum atomic E-state index is 12.9. The molecule has 0 N–H and O–H groups in total. The Bertz CT molecular complexity index is 1040. The minimum Gasteiger partial charge on any atom is -0.300 e. The van der Waals surface area contributed by atoms with Crippen LogP contribution in [0.2, 0.25) is 0 Å². The van der Waals surface area contributed by atoms with Crippen molar-refractivity contribution in [3.63, 3.8) is 0 Å². The lowest BCUT2D eigenvalue weighted by Gasteiger charge is -2.47. The number of thiazole rings is 1. The predicted molar refractivity (Wildman–Crippen MR) is 125 cm³/mol. The summed E-state index contributed by atoms with van der Waals surface area (Å²) in [5.41, 5.74) is 2.09. The Kier molecular flexibility index (Phi) is 6.30. The lowest BCUT2D eigenvalue weighted by molar-refractivity contribution is -0.118. The smallest absolute Gasteiger partial charge is 0.224 e. The van der Waals surface area contributed by atoms with Crippen molar-refractivity contribution < 1.29 is 9.59 Å². The zero-order chi connectivity index (χ0) is 21.8. The van der Waals surface area contributed by atoms with Gasteiger partial charge in [0.05, 0.1) is 6.54 Å². The molecule has 5 nitrogen and oxygen atoms in total. The number of nitrogens with zero attached hydrogens (tertiary/aromatic N) is 3. The van der Waals surface area contributed by atoms with Crippen LogP contribution >= 0.6 is 11.3 Å². The number of carbonyl (C=O) groups excluding carboxylic acids is 2. The zero-order valence-electron chi connectivity index (χ0n) is 18.0. The largest absolute Gasteiger partial charge is 0.300 e. The molecule has 2 aromatic carbocycles. The molecule has 0 atom stereocenters. The van der Waals surface area contributed by atoms with Gasteiger partial charge in [0.15, 0.2) is 5.78 Å². The number of benzene rings is 2. The summed E-state index contributed by atoms with van der Waals surface area (Å²) in [5.74, 6) is 0.137. The van der Waals surface area contributed by atoms with Crippen molar-refractivity contribution in [2.45, 2.75) is 32.2 Å². The number of hydrogen-bond donors (Lipinski definition) is 0. The van der Waals surface area contributed by atoms with Gasteiger partial charge >= 0.3 is 0 Å². The van der Waals surface area contributed by atoms with Crippen molar-refractivity contribution in [1.29, 1.82) is 0 Å². The summed E-state index contributed by atoms with van der Waals surface area (Å²) in [7, 11) is 0. The Morgan fingerprint density at radius 3 is 2.19 bits per heavy atom. The monoisotopic (exact) mass is 433 g/mol. The molecule has 1 saturated heterocycles. The molecule has 0 unspecified atom stereocenters. The van der Waals surface area contributed by atoms with Gasteiger partial charge in [-0.25, -0.2) is 4.98 Å². The quantitative estimate of drug-likeness (QED) is 0.530. The Morgan fingerprint density at radius 1 is 1.03 bits per heavy atom. The number of piperidine rings is 1. The van der Waals surface area contributed by atoms with Crippen LogP contribution in [-0.2, 0) is 10.3 Å².